The number of ether oxygens (including phenoxy) is 1. The number of esters is 1. The zero-order valence-corrected chi connectivity index (χ0v) is 9.19. The van der Waals surface area contributed by atoms with Crippen molar-refractivity contribution >= 4 is 17.6 Å². The Morgan fingerprint density at radius 1 is 1.44 bits per heavy atom. The van der Waals surface area contributed by atoms with Crippen LogP contribution in [-0.4, -0.2) is 25.0 Å². The number of methoxy groups -OCH3 is 1. The Labute approximate surface area is 93.6 Å². The molecule has 0 heterocycles. The molecule has 0 radical (unpaired) electrons. The van der Waals surface area contributed by atoms with E-state index in [9.17, 15) is 9.59 Å². The van der Waals surface area contributed by atoms with E-state index in [0.717, 1.165) is 0 Å². The van der Waals surface area contributed by atoms with E-state index in [1.54, 1.807) is 25.1 Å². The van der Waals surface area contributed by atoms with Crippen LogP contribution >= 0.6 is 0 Å². The first-order valence-corrected chi connectivity index (χ1v) is 4.79. The molecule has 0 aliphatic carbocycles. The van der Waals surface area contributed by atoms with Crippen molar-refractivity contribution in [2.75, 3.05) is 12.4 Å². The van der Waals surface area contributed by atoms with Crippen LogP contribution in [0.4, 0.5) is 5.69 Å². The molecule has 0 fully saturated rings. The number of amides is 1. The Hall–Kier alpha value is -1.88. The molecule has 1 rings (SSSR count). The zero-order valence-electron chi connectivity index (χ0n) is 9.19. The standard InChI is InChI=1S/C11H14N2O3/c1-7(12)10(14)13-9-5-3-4-8(6-9)11(15)16-2/h3-7H,12H2,1-2H3,(H,13,14). The Morgan fingerprint density at radius 2 is 2.12 bits per heavy atom. The van der Waals surface area contributed by atoms with Gasteiger partial charge in [-0.05, 0) is 25.1 Å². The normalized spacial score (nSPS) is 11.7. The zero-order chi connectivity index (χ0) is 12.1. The van der Waals surface area contributed by atoms with E-state index in [2.05, 4.69) is 10.1 Å². The molecular formula is C11H14N2O3. The molecule has 0 bridgehead atoms. The first kappa shape index (κ1) is 12.2. The first-order valence-electron chi connectivity index (χ1n) is 4.79. The van der Waals surface area contributed by atoms with Gasteiger partial charge in [-0.2, -0.15) is 0 Å². The van der Waals surface area contributed by atoms with Gasteiger partial charge in [-0.1, -0.05) is 6.07 Å². The lowest BCUT2D eigenvalue weighted by atomic mass is 10.2. The highest BCUT2D eigenvalue weighted by Crippen LogP contribution is 2.11. The Morgan fingerprint density at radius 3 is 2.69 bits per heavy atom. The van der Waals surface area contributed by atoms with Crippen LogP contribution in [0.5, 0.6) is 0 Å². The highest BCUT2D eigenvalue weighted by atomic mass is 16.5. The van der Waals surface area contributed by atoms with Gasteiger partial charge in [0, 0.05) is 5.69 Å². The van der Waals surface area contributed by atoms with E-state index >= 15 is 0 Å². The minimum absolute atomic E-state index is 0.304. The first-order chi connectivity index (χ1) is 7.54. The molecule has 0 saturated heterocycles. The maximum absolute atomic E-state index is 11.3. The van der Waals surface area contributed by atoms with Crippen LogP contribution in [0.1, 0.15) is 17.3 Å². The number of carbonyl (C=O) groups excluding carboxylic acids is 2. The minimum atomic E-state index is -0.596. The number of hydrogen-bond donors (Lipinski definition) is 2. The molecule has 5 nitrogen and oxygen atoms in total. The number of hydrogen-bond acceptors (Lipinski definition) is 4. The summed E-state index contributed by atoms with van der Waals surface area (Å²) in [6.45, 7) is 1.58. The van der Waals surface area contributed by atoms with Crippen LogP contribution in [0.2, 0.25) is 0 Å². The minimum Gasteiger partial charge on any atom is -0.465 e. The summed E-state index contributed by atoms with van der Waals surface area (Å²) in [5.74, 6) is -0.751. The van der Waals surface area contributed by atoms with Crippen molar-refractivity contribution in [1.29, 1.82) is 0 Å². The van der Waals surface area contributed by atoms with Gasteiger partial charge in [0.05, 0.1) is 18.7 Å². The summed E-state index contributed by atoms with van der Waals surface area (Å²) in [5.41, 5.74) is 6.30. The molecule has 16 heavy (non-hydrogen) atoms. The van der Waals surface area contributed by atoms with Crippen LogP contribution < -0.4 is 11.1 Å². The van der Waals surface area contributed by atoms with Crippen molar-refractivity contribution in [3.05, 3.63) is 29.8 Å². The maximum atomic E-state index is 11.3. The summed E-state index contributed by atoms with van der Waals surface area (Å²) < 4.78 is 4.57. The van der Waals surface area contributed by atoms with E-state index < -0.39 is 12.0 Å². The summed E-state index contributed by atoms with van der Waals surface area (Å²) in [6.07, 6.45) is 0. The quantitative estimate of drug-likeness (QED) is 0.740. The van der Waals surface area contributed by atoms with Crippen LogP contribution in [0.25, 0.3) is 0 Å². The molecule has 3 N–H and O–H groups in total. The second-order valence-electron chi connectivity index (χ2n) is 3.35. The number of nitrogens with one attached hydrogen (secondary N) is 1. The Kier molecular flexibility index (Phi) is 4.02. The van der Waals surface area contributed by atoms with Crippen LogP contribution in [0.15, 0.2) is 24.3 Å². The van der Waals surface area contributed by atoms with Crippen molar-refractivity contribution in [3.63, 3.8) is 0 Å². The molecule has 0 aliphatic heterocycles. The van der Waals surface area contributed by atoms with Gasteiger partial charge in [0.15, 0.2) is 0 Å². The number of benzene rings is 1. The molecular weight excluding hydrogens is 208 g/mol. The average Bonchev–Trinajstić information content (AvgIpc) is 2.28. The van der Waals surface area contributed by atoms with Crippen LogP contribution in [0.3, 0.4) is 0 Å². The highest BCUT2D eigenvalue weighted by Gasteiger charge is 2.09. The fourth-order valence-electron chi connectivity index (χ4n) is 1.10. The fraction of sp³-hybridized carbons (Fsp3) is 0.273. The van der Waals surface area contributed by atoms with Gasteiger partial charge < -0.3 is 15.8 Å². The van der Waals surface area contributed by atoms with E-state index in [1.807, 2.05) is 0 Å². The van der Waals surface area contributed by atoms with Crippen molar-refractivity contribution in [2.45, 2.75) is 13.0 Å². The number of rotatable bonds is 3. The molecule has 0 saturated carbocycles. The second kappa shape index (κ2) is 5.27. The van der Waals surface area contributed by atoms with Gasteiger partial charge in [-0.3, -0.25) is 4.79 Å². The third-order valence-corrected chi connectivity index (χ3v) is 1.96. The molecule has 1 aromatic carbocycles. The monoisotopic (exact) mass is 222 g/mol. The molecule has 1 aromatic rings. The summed E-state index contributed by atoms with van der Waals surface area (Å²) >= 11 is 0. The van der Waals surface area contributed by atoms with Crippen molar-refractivity contribution in [1.82, 2.24) is 0 Å². The van der Waals surface area contributed by atoms with Crippen molar-refractivity contribution in [3.8, 4) is 0 Å². The lowest BCUT2D eigenvalue weighted by molar-refractivity contribution is -0.117. The molecule has 0 aliphatic rings. The lowest BCUT2D eigenvalue weighted by Gasteiger charge is -2.08. The number of carbonyl (C=O) groups is 2. The van der Waals surface area contributed by atoms with E-state index in [1.165, 1.54) is 13.2 Å². The second-order valence-corrected chi connectivity index (χ2v) is 3.35. The fourth-order valence-corrected chi connectivity index (χ4v) is 1.10. The summed E-state index contributed by atoms with van der Waals surface area (Å²) in [6, 6.07) is 5.87. The lowest BCUT2D eigenvalue weighted by Crippen LogP contribution is -2.32. The van der Waals surface area contributed by atoms with Gasteiger partial charge in [0.1, 0.15) is 0 Å². The molecule has 86 valence electrons. The van der Waals surface area contributed by atoms with Gasteiger partial charge in [0.25, 0.3) is 0 Å². The summed E-state index contributed by atoms with van der Waals surface area (Å²) in [7, 11) is 1.30. The van der Waals surface area contributed by atoms with Gasteiger partial charge >= 0.3 is 5.97 Å². The predicted octanol–water partition coefficient (Wildman–Crippen LogP) is 0.759. The van der Waals surface area contributed by atoms with Gasteiger partial charge in [-0.15, -0.1) is 0 Å². The van der Waals surface area contributed by atoms with Crippen molar-refractivity contribution in [2.24, 2.45) is 5.73 Å². The molecule has 5 heteroatoms. The van der Waals surface area contributed by atoms with Crippen LogP contribution in [-0.2, 0) is 9.53 Å². The topological polar surface area (TPSA) is 81.4 Å². The molecule has 1 unspecified atom stereocenters. The molecule has 1 atom stereocenters. The highest BCUT2D eigenvalue weighted by molar-refractivity contribution is 5.96. The summed E-state index contributed by atoms with van der Waals surface area (Å²) in [4.78, 5) is 22.5. The molecule has 0 spiro atoms. The van der Waals surface area contributed by atoms with Crippen LogP contribution in [0, 0.1) is 0 Å². The Bertz CT molecular complexity index is 402. The largest absolute Gasteiger partial charge is 0.465 e. The smallest absolute Gasteiger partial charge is 0.337 e. The number of nitrogens with two attached hydrogens (primary N) is 1. The van der Waals surface area contributed by atoms with Crippen molar-refractivity contribution < 1.29 is 14.3 Å². The van der Waals surface area contributed by atoms with Gasteiger partial charge in [-0.25, -0.2) is 4.79 Å². The Balaban J connectivity index is 2.83. The average molecular weight is 222 g/mol. The SMILES string of the molecule is COC(=O)c1cccc(NC(=O)C(C)N)c1. The third-order valence-electron chi connectivity index (χ3n) is 1.96. The predicted molar refractivity (Wildman–Crippen MR) is 60.1 cm³/mol. The van der Waals surface area contributed by atoms with Gasteiger partial charge in [0.2, 0.25) is 5.91 Å². The van der Waals surface area contributed by atoms with E-state index in [-0.39, 0.29) is 5.91 Å². The number of anilines is 1. The molecule has 1 amide bonds. The van der Waals surface area contributed by atoms with E-state index in [4.69, 9.17) is 5.73 Å². The molecule has 0 aromatic heterocycles. The van der Waals surface area contributed by atoms with E-state index in [0.29, 0.717) is 11.3 Å². The maximum Gasteiger partial charge on any atom is 0.337 e. The summed E-state index contributed by atoms with van der Waals surface area (Å²) in [5, 5.41) is 2.59. The third kappa shape index (κ3) is 3.06.